The topological polar surface area (TPSA) is 47.6 Å². The van der Waals surface area contributed by atoms with E-state index in [1.165, 1.54) is 7.11 Å². The summed E-state index contributed by atoms with van der Waals surface area (Å²) in [6.45, 7) is 1.95. The zero-order chi connectivity index (χ0) is 16.1. The van der Waals surface area contributed by atoms with Crippen molar-refractivity contribution in [2.24, 2.45) is 0 Å². The highest BCUT2D eigenvalue weighted by atomic mass is 35.5. The van der Waals surface area contributed by atoms with E-state index in [1.807, 2.05) is 25.1 Å². The number of halogens is 1. The maximum absolute atomic E-state index is 12.2. The van der Waals surface area contributed by atoms with Gasteiger partial charge in [0.25, 0.3) is 0 Å². The van der Waals surface area contributed by atoms with Crippen LogP contribution in [0.5, 0.6) is 5.75 Å². The summed E-state index contributed by atoms with van der Waals surface area (Å²) in [7, 11) is 2.96. The Balaban J connectivity index is 2.40. The first-order chi connectivity index (χ1) is 10.6. The second-order valence-corrected chi connectivity index (χ2v) is 5.24. The van der Waals surface area contributed by atoms with Gasteiger partial charge in [0.2, 0.25) is 0 Å². The molecule has 0 saturated carbocycles. The molecule has 0 heterocycles. The van der Waals surface area contributed by atoms with Gasteiger partial charge in [-0.25, -0.2) is 4.79 Å². The molecule has 2 aromatic rings. The van der Waals surface area contributed by atoms with Crippen LogP contribution >= 0.6 is 11.6 Å². The number of ether oxygens (including phenoxy) is 2. The first-order valence-corrected chi connectivity index (χ1v) is 7.18. The number of hydrogen-bond acceptors (Lipinski definition) is 4. The van der Waals surface area contributed by atoms with Gasteiger partial charge in [0.15, 0.2) is 6.04 Å². The van der Waals surface area contributed by atoms with Gasteiger partial charge in [-0.15, -0.1) is 0 Å². The van der Waals surface area contributed by atoms with Gasteiger partial charge in [0.05, 0.1) is 19.9 Å². The Hall–Kier alpha value is -2.20. The first-order valence-electron chi connectivity index (χ1n) is 6.80. The normalized spacial score (nSPS) is 11.6. The minimum absolute atomic E-state index is 0.382. The zero-order valence-electron chi connectivity index (χ0n) is 12.7. The molecule has 0 fully saturated rings. The smallest absolute Gasteiger partial charge is 0.332 e. The number of rotatable bonds is 5. The molecule has 0 saturated heterocycles. The fourth-order valence-corrected chi connectivity index (χ4v) is 2.32. The summed E-state index contributed by atoms with van der Waals surface area (Å²) in [5.74, 6) is 0.287. The molecule has 22 heavy (non-hydrogen) atoms. The zero-order valence-corrected chi connectivity index (χ0v) is 13.5. The second kappa shape index (κ2) is 7.18. The van der Waals surface area contributed by atoms with Crippen molar-refractivity contribution in [2.45, 2.75) is 13.0 Å². The summed E-state index contributed by atoms with van der Waals surface area (Å²) in [6, 6.07) is 12.1. The van der Waals surface area contributed by atoms with Crippen molar-refractivity contribution in [3.8, 4) is 5.75 Å². The van der Waals surface area contributed by atoms with Crippen LogP contribution in [-0.2, 0) is 9.53 Å². The van der Waals surface area contributed by atoms with E-state index in [2.05, 4.69) is 5.32 Å². The Bertz CT molecular complexity index is 655. The van der Waals surface area contributed by atoms with Gasteiger partial charge >= 0.3 is 5.97 Å². The number of methoxy groups -OCH3 is 2. The standard InChI is InChI=1S/C17H18ClNO3/c1-11-5-4-6-14(21-2)15(11)19-16(17(20)22-3)12-7-9-13(18)10-8-12/h4-10,16,19H,1-3H3/t16-/m1/s1. The lowest BCUT2D eigenvalue weighted by molar-refractivity contribution is -0.141. The van der Waals surface area contributed by atoms with E-state index in [4.69, 9.17) is 21.1 Å². The van der Waals surface area contributed by atoms with Crippen LogP contribution in [0.2, 0.25) is 5.02 Å². The average Bonchev–Trinajstić information content (AvgIpc) is 2.54. The fraction of sp³-hybridized carbons (Fsp3) is 0.235. The second-order valence-electron chi connectivity index (χ2n) is 4.80. The Labute approximate surface area is 135 Å². The fourth-order valence-electron chi connectivity index (χ4n) is 2.19. The molecule has 4 nitrogen and oxygen atoms in total. The summed E-state index contributed by atoms with van der Waals surface area (Å²) in [5.41, 5.74) is 2.50. The molecular formula is C17H18ClNO3. The van der Waals surface area contributed by atoms with Crippen LogP contribution in [-0.4, -0.2) is 20.2 Å². The number of hydrogen-bond donors (Lipinski definition) is 1. The highest BCUT2D eigenvalue weighted by Gasteiger charge is 2.23. The molecule has 0 aromatic heterocycles. The number of esters is 1. The summed E-state index contributed by atoms with van der Waals surface area (Å²) >= 11 is 5.91. The summed E-state index contributed by atoms with van der Waals surface area (Å²) < 4.78 is 10.3. The van der Waals surface area contributed by atoms with Crippen LogP contribution in [0.25, 0.3) is 0 Å². The van der Waals surface area contributed by atoms with E-state index >= 15 is 0 Å². The van der Waals surface area contributed by atoms with E-state index in [0.717, 1.165) is 16.8 Å². The molecule has 0 spiro atoms. The maximum Gasteiger partial charge on any atom is 0.332 e. The molecular weight excluding hydrogens is 302 g/mol. The van der Waals surface area contributed by atoms with Crippen molar-refractivity contribution in [3.05, 3.63) is 58.6 Å². The third-order valence-corrected chi connectivity index (χ3v) is 3.64. The third kappa shape index (κ3) is 3.52. The minimum atomic E-state index is -0.641. The van der Waals surface area contributed by atoms with Gasteiger partial charge in [0.1, 0.15) is 5.75 Å². The Morgan fingerprint density at radius 2 is 1.82 bits per heavy atom. The number of anilines is 1. The van der Waals surface area contributed by atoms with Crippen LogP contribution < -0.4 is 10.1 Å². The van der Waals surface area contributed by atoms with Crippen molar-refractivity contribution in [2.75, 3.05) is 19.5 Å². The predicted octanol–water partition coefficient (Wildman–Crippen LogP) is 3.98. The van der Waals surface area contributed by atoms with Gasteiger partial charge < -0.3 is 14.8 Å². The van der Waals surface area contributed by atoms with Gasteiger partial charge in [0, 0.05) is 5.02 Å². The number of carbonyl (C=O) groups excluding carboxylic acids is 1. The third-order valence-electron chi connectivity index (χ3n) is 3.38. The van der Waals surface area contributed by atoms with Crippen LogP contribution in [0, 0.1) is 6.92 Å². The van der Waals surface area contributed by atoms with Crippen LogP contribution in [0.15, 0.2) is 42.5 Å². The molecule has 2 rings (SSSR count). The average molecular weight is 320 g/mol. The van der Waals surface area contributed by atoms with E-state index in [-0.39, 0.29) is 5.97 Å². The van der Waals surface area contributed by atoms with Crippen molar-refractivity contribution in [3.63, 3.8) is 0 Å². The Kier molecular flexibility index (Phi) is 5.28. The van der Waals surface area contributed by atoms with E-state index in [9.17, 15) is 4.79 Å². The molecule has 0 unspecified atom stereocenters. The molecule has 0 aliphatic rings. The van der Waals surface area contributed by atoms with Gasteiger partial charge in [-0.2, -0.15) is 0 Å². The molecule has 116 valence electrons. The molecule has 2 aromatic carbocycles. The van der Waals surface area contributed by atoms with Gasteiger partial charge in [-0.1, -0.05) is 35.9 Å². The van der Waals surface area contributed by atoms with Crippen LogP contribution in [0.1, 0.15) is 17.2 Å². The summed E-state index contributed by atoms with van der Waals surface area (Å²) in [4.78, 5) is 12.2. The van der Waals surface area contributed by atoms with E-state index < -0.39 is 6.04 Å². The SMILES string of the molecule is COC(=O)[C@H](Nc1c(C)cccc1OC)c1ccc(Cl)cc1. The Morgan fingerprint density at radius 1 is 1.14 bits per heavy atom. The van der Waals surface area contributed by atoms with E-state index in [0.29, 0.717) is 10.8 Å². The molecule has 0 amide bonds. The van der Waals surface area contributed by atoms with Gasteiger partial charge in [-0.05, 0) is 36.2 Å². The molecule has 0 aliphatic heterocycles. The predicted molar refractivity (Wildman–Crippen MR) is 87.6 cm³/mol. The molecule has 1 atom stereocenters. The van der Waals surface area contributed by atoms with Crippen LogP contribution in [0.3, 0.4) is 0 Å². The molecule has 0 radical (unpaired) electrons. The monoisotopic (exact) mass is 319 g/mol. The molecule has 1 N–H and O–H groups in total. The number of para-hydroxylation sites is 1. The molecule has 0 bridgehead atoms. The lowest BCUT2D eigenvalue weighted by atomic mass is 10.1. The largest absolute Gasteiger partial charge is 0.495 e. The first kappa shape index (κ1) is 16.2. The lowest BCUT2D eigenvalue weighted by Gasteiger charge is -2.21. The van der Waals surface area contributed by atoms with Crippen molar-refractivity contribution in [1.82, 2.24) is 0 Å². The maximum atomic E-state index is 12.2. The highest BCUT2D eigenvalue weighted by Crippen LogP contribution is 2.32. The van der Waals surface area contributed by atoms with E-state index in [1.54, 1.807) is 31.4 Å². The van der Waals surface area contributed by atoms with Gasteiger partial charge in [-0.3, -0.25) is 0 Å². The van der Waals surface area contributed by atoms with Crippen molar-refractivity contribution < 1.29 is 14.3 Å². The molecule has 5 heteroatoms. The van der Waals surface area contributed by atoms with Crippen molar-refractivity contribution >= 4 is 23.3 Å². The summed E-state index contributed by atoms with van der Waals surface area (Å²) in [6.07, 6.45) is 0. The lowest BCUT2D eigenvalue weighted by Crippen LogP contribution is -2.23. The van der Waals surface area contributed by atoms with Crippen molar-refractivity contribution in [1.29, 1.82) is 0 Å². The number of aryl methyl sites for hydroxylation is 1. The Morgan fingerprint density at radius 3 is 2.41 bits per heavy atom. The quantitative estimate of drug-likeness (QED) is 0.847. The summed E-state index contributed by atoms with van der Waals surface area (Å²) in [5, 5.41) is 3.82. The number of nitrogens with one attached hydrogen (secondary N) is 1. The van der Waals surface area contributed by atoms with Crippen LogP contribution in [0.4, 0.5) is 5.69 Å². The number of benzene rings is 2. The minimum Gasteiger partial charge on any atom is -0.495 e. The molecule has 0 aliphatic carbocycles. The highest BCUT2D eigenvalue weighted by molar-refractivity contribution is 6.30. The number of carbonyl (C=O) groups is 1.